The third kappa shape index (κ3) is 4.08. The number of carbonyl (C=O) groups excluding carboxylic acids is 2. The van der Waals surface area contributed by atoms with Crippen molar-refractivity contribution in [2.75, 3.05) is 11.9 Å². The van der Waals surface area contributed by atoms with Crippen molar-refractivity contribution >= 4 is 34.9 Å². The van der Waals surface area contributed by atoms with Crippen molar-refractivity contribution in [3.8, 4) is 0 Å². The Morgan fingerprint density at radius 2 is 1.92 bits per heavy atom. The van der Waals surface area contributed by atoms with Gasteiger partial charge in [0.25, 0.3) is 11.6 Å². The summed E-state index contributed by atoms with van der Waals surface area (Å²) in [4.78, 5) is 34.0. The van der Waals surface area contributed by atoms with Crippen LogP contribution in [-0.4, -0.2) is 23.4 Å². The quantitative estimate of drug-likeness (QED) is 0.507. The Kier molecular flexibility index (Phi) is 5.49. The molecule has 0 spiro atoms. The van der Waals surface area contributed by atoms with Gasteiger partial charge in [0.15, 0.2) is 6.61 Å². The van der Waals surface area contributed by atoms with Crippen LogP contribution in [0.15, 0.2) is 42.5 Å². The van der Waals surface area contributed by atoms with E-state index in [1.165, 1.54) is 24.3 Å². The highest BCUT2D eigenvalue weighted by molar-refractivity contribution is 6.31. The first-order valence-electron chi connectivity index (χ1n) is 6.85. The van der Waals surface area contributed by atoms with Crippen LogP contribution in [0.3, 0.4) is 0 Å². The molecule has 0 atom stereocenters. The van der Waals surface area contributed by atoms with Crippen LogP contribution in [0.5, 0.6) is 0 Å². The second kappa shape index (κ2) is 7.56. The Labute approximate surface area is 142 Å². The second-order valence-electron chi connectivity index (χ2n) is 4.81. The van der Waals surface area contributed by atoms with Crippen molar-refractivity contribution in [1.29, 1.82) is 0 Å². The molecule has 1 N–H and O–H groups in total. The van der Waals surface area contributed by atoms with Gasteiger partial charge in [0.1, 0.15) is 5.56 Å². The van der Waals surface area contributed by atoms with Gasteiger partial charge in [-0.3, -0.25) is 14.9 Å². The van der Waals surface area contributed by atoms with E-state index in [-0.39, 0.29) is 11.3 Å². The Hall–Kier alpha value is -2.93. The monoisotopic (exact) mass is 348 g/mol. The van der Waals surface area contributed by atoms with Gasteiger partial charge in [-0.15, -0.1) is 0 Å². The van der Waals surface area contributed by atoms with Crippen LogP contribution in [-0.2, 0) is 9.53 Å². The number of para-hydroxylation sites is 1. The number of benzene rings is 2. The zero-order chi connectivity index (χ0) is 17.7. The maximum atomic E-state index is 11.9. The number of hydrogen-bond donors (Lipinski definition) is 1. The number of nitrogens with zero attached hydrogens (tertiary/aromatic N) is 1. The molecular formula is C16H13ClN2O5. The van der Waals surface area contributed by atoms with Gasteiger partial charge in [0.2, 0.25) is 0 Å². The number of anilines is 1. The molecule has 0 radical (unpaired) electrons. The summed E-state index contributed by atoms with van der Waals surface area (Å²) in [6.45, 7) is 1.16. The largest absolute Gasteiger partial charge is 0.452 e. The molecule has 0 aliphatic rings. The fourth-order valence-electron chi connectivity index (χ4n) is 1.94. The van der Waals surface area contributed by atoms with E-state index in [0.717, 1.165) is 0 Å². The van der Waals surface area contributed by atoms with Gasteiger partial charge < -0.3 is 10.1 Å². The molecule has 0 fully saturated rings. The van der Waals surface area contributed by atoms with Crippen LogP contribution < -0.4 is 5.32 Å². The van der Waals surface area contributed by atoms with Crippen LogP contribution in [0.1, 0.15) is 15.9 Å². The lowest BCUT2D eigenvalue weighted by molar-refractivity contribution is -0.385. The van der Waals surface area contributed by atoms with Crippen molar-refractivity contribution in [1.82, 2.24) is 0 Å². The van der Waals surface area contributed by atoms with Crippen LogP contribution in [0.2, 0.25) is 5.02 Å². The Balaban J connectivity index is 2.01. The summed E-state index contributed by atoms with van der Waals surface area (Å²) < 4.78 is 4.83. The van der Waals surface area contributed by atoms with Crippen molar-refractivity contribution in [2.45, 2.75) is 6.92 Å². The Morgan fingerprint density at radius 1 is 1.21 bits per heavy atom. The molecule has 0 unspecified atom stereocenters. The van der Waals surface area contributed by atoms with Crippen LogP contribution in [0.4, 0.5) is 11.4 Å². The van der Waals surface area contributed by atoms with E-state index in [4.69, 9.17) is 16.3 Å². The number of nitro benzene ring substituents is 1. The number of ether oxygens (including phenoxy) is 1. The molecule has 0 aromatic heterocycles. The van der Waals surface area contributed by atoms with Crippen molar-refractivity contribution < 1.29 is 19.2 Å². The number of rotatable bonds is 5. The summed E-state index contributed by atoms with van der Waals surface area (Å²) >= 11 is 5.95. The number of hydrogen-bond acceptors (Lipinski definition) is 5. The topological polar surface area (TPSA) is 98.5 Å². The number of nitro groups is 1. The summed E-state index contributed by atoms with van der Waals surface area (Å²) in [6, 6.07) is 10.4. The molecular weight excluding hydrogens is 336 g/mol. The third-order valence-corrected chi connectivity index (χ3v) is 3.61. The summed E-state index contributed by atoms with van der Waals surface area (Å²) in [6.07, 6.45) is 0. The van der Waals surface area contributed by atoms with E-state index in [2.05, 4.69) is 5.32 Å². The zero-order valence-electron chi connectivity index (χ0n) is 12.6. The van der Waals surface area contributed by atoms with E-state index >= 15 is 0 Å². The molecule has 0 saturated carbocycles. The van der Waals surface area contributed by atoms with Gasteiger partial charge in [-0.2, -0.15) is 0 Å². The normalized spacial score (nSPS) is 10.1. The molecule has 1 amide bonds. The number of esters is 1. The van der Waals surface area contributed by atoms with E-state index in [9.17, 15) is 19.7 Å². The lowest BCUT2D eigenvalue weighted by atomic mass is 10.2. The fraction of sp³-hybridized carbons (Fsp3) is 0.125. The van der Waals surface area contributed by atoms with Crippen LogP contribution in [0, 0.1) is 17.0 Å². The van der Waals surface area contributed by atoms with Gasteiger partial charge in [0.05, 0.1) is 4.92 Å². The summed E-state index contributed by atoms with van der Waals surface area (Å²) in [7, 11) is 0. The molecule has 8 heteroatoms. The molecule has 2 aromatic carbocycles. The predicted octanol–water partition coefficient (Wildman–Crippen LogP) is 3.35. The molecule has 124 valence electrons. The first kappa shape index (κ1) is 17.4. The smallest absolute Gasteiger partial charge is 0.345 e. The van der Waals surface area contributed by atoms with Gasteiger partial charge in [0, 0.05) is 16.8 Å². The highest BCUT2D eigenvalue weighted by atomic mass is 35.5. The fourth-order valence-corrected chi connectivity index (χ4v) is 2.12. The maximum Gasteiger partial charge on any atom is 0.345 e. The third-order valence-electron chi connectivity index (χ3n) is 3.20. The molecule has 0 aliphatic heterocycles. The molecule has 0 bridgehead atoms. The SMILES string of the molecule is Cc1c(Cl)cccc1NC(=O)COC(=O)c1ccccc1[N+](=O)[O-]. The zero-order valence-corrected chi connectivity index (χ0v) is 13.4. The summed E-state index contributed by atoms with van der Waals surface area (Å²) in [5, 5.41) is 13.9. The first-order valence-corrected chi connectivity index (χ1v) is 7.23. The standard InChI is InChI=1S/C16H13ClN2O5/c1-10-12(17)6-4-7-13(10)18-15(20)9-24-16(21)11-5-2-3-8-14(11)19(22)23/h2-8H,9H2,1H3,(H,18,20). The first-order chi connectivity index (χ1) is 11.4. The number of amides is 1. The maximum absolute atomic E-state index is 11.9. The number of carbonyl (C=O) groups is 2. The van der Waals surface area contributed by atoms with E-state index in [0.29, 0.717) is 16.3 Å². The highest BCUT2D eigenvalue weighted by Gasteiger charge is 2.21. The number of halogens is 1. The van der Waals surface area contributed by atoms with Gasteiger partial charge in [-0.05, 0) is 30.7 Å². The number of nitrogens with one attached hydrogen (secondary N) is 1. The van der Waals surface area contributed by atoms with Crippen molar-refractivity contribution in [2.24, 2.45) is 0 Å². The molecule has 24 heavy (non-hydrogen) atoms. The van der Waals surface area contributed by atoms with Gasteiger partial charge in [-0.25, -0.2) is 4.79 Å². The molecule has 0 saturated heterocycles. The average molecular weight is 349 g/mol. The second-order valence-corrected chi connectivity index (χ2v) is 5.22. The van der Waals surface area contributed by atoms with Crippen molar-refractivity contribution in [3.05, 3.63) is 68.7 Å². The minimum atomic E-state index is -0.944. The Morgan fingerprint density at radius 3 is 2.62 bits per heavy atom. The lowest BCUT2D eigenvalue weighted by Crippen LogP contribution is -2.21. The van der Waals surface area contributed by atoms with Gasteiger partial charge in [-0.1, -0.05) is 29.8 Å². The minimum Gasteiger partial charge on any atom is -0.452 e. The molecule has 7 nitrogen and oxygen atoms in total. The predicted molar refractivity (Wildman–Crippen MR) is 88.2 cm³/mol. The van der Waals surface area contributed by atoms with E-state index in [1.807, 2.05) is 0 Å². The molecule has 2 aromatic rings. The summed E-state index contributed by atoms with van der Waals surface area (Å²) in [5.41, 5.74) is 0.578. The lowest BCUT2D eigenvalue weighted by Gasteiger charge is -2.10. The van der Waals surface area contributed by atoms with Crippen LogP contribution in [0.25, 0.3) is 0 Å². The van der Waals surface area contributed by atoms with E-state index in [1.54, 1.807) is 25.1 Å². The van der Waals surface area contributed by atoms with E-state index < -0.39 is 23.4 Å². The van der Waals surface area contributed by atoms with Gasteiger partial charge >= 0.3 is 5.97 Å². The minimum absolute atomic E-state index is 0.214. The van der Waals surface area contributed by atoms with Crippen molar-refractivity contribution in [3.63, 3.8) is 0 Å². The summed E-state index contributed by atoms with van der Waals surface area (Å²) in [5.74, 6) is -1.52. The Bertz CT molecular complexity index is 807. The molecule has 2 rings (SSSR count). The highest BCUT2D eigenvalue weighted by Crippen LogP contribution is 2.23. The average Bonchev–Trinajstić information content (AvgIpc) is 2.56. The molecule has 0 aliphatic carbocycles. The van der Waals surface area contributed by atoms with Crippen LogP contribution >= 0.6 is 11.6 Å². The molecule has 0 heterocycles.